The number of fused-ring (bicyclic) bond motifs is 4. The Morgan fingerprint density at radius 1 is 1.38 bits per heavy atom. The zero-order chi connectivity index (χ0) is 14.8. The summed E-state index contributed by atoms with van der Waals surface area (Å²) in [7, 11) is 0. The number of phenolic OH excluding ortho intramolecular Hbond substituents is 1. The molecule has 112 valence electrons. The van der Waals surface area contributed by atoms with Crippen LogP contribution >= 0.6 is 0 Å². The number of carbonyl (C=O) groups is 1. The minimum absolute atomic E-state index is 0.00665. The van der Waals surface area contributed by atoms with Crippen molar-refractivity contribution in [3.8, 4) is 5.75 Å². The molecule has 1 N–H and O–H groups in total. The molecular formula is C18H23NO2. The molecule has 3 nitrogen and oxygen atoms in total. The lowest BCUT2D eigenvalue weighted by atomic mass is 9.58. The maximum atomic E-state index is 13.0. The van der Waals surface area contributed by atoms with Crippen LogP contribution in [0.4, 0.5) is 0 Å². The highest BCUT2D eigenvalue weighted by Gasteiger charge is 2.52. The van der Waals surface area contributed by atoms with E-state index in [0.717, 1.165) is 36.6 Å². The van der Waals surface area contributed by atoms with E-state index in [-0.39, 0.29) is 23.0 Å². The summed E-state index contributed by atoms with van der Waals surface area (Å²) in [4.78, 5) is 15.4. The molecule has 1 heterocycles. The Labute approximate surface area is 126 Å². The van der Waals surface area contributed by atoms with E-state index in [0.29, 0.717) is 5.92 Å². The first-order chi connectivity index (χ1) is 10.0. The predicted octanol–water partition coefficient (Wildman–Crippen LogP) is 2.97. The van der Waals surface area contributed by atoms with E-state index in [1.165, 1.54) is 12.8 Å². The predicted molar refractivity (Wildman–Crippen MR) is 81.7 cm³/mol. The van der Waals surface area contributed by atoms with Crippen molar-refractivity contribution >= 4 is 5.78 Å². The van der Waals surface area contributed by atoms with Crippen molar-refractivity contribution in [1.82, 2.24) is 4.90 Å². The second-order valence-electron chi connectivity index (χ2n) is 7.43. The Morgan fingerprint density at radius 3 is 2.86 bits per heavy atom. The van der Waals surface area contributed by atoms with Crippen LogP contribution in [0.25, 0.3) is 0 Å². The van der Waals surface area contributed by atoms with Crippen molar-refractivity contribution in [2.75, 3.05) is 13.1 Å². The Kier molecular flexibility index (Phi) is 2.74. The standard InChI is InChI=1S/C18H23NO2/c1-11-16-17(21)14-6-5-13(20)9-15(14)18(11,2)7-8-19(16)10-12-3-4-12/h5-6,9,11-12,16,20H,3-4,7-8,10H2,1-2H3/t11-,16+,18+/m0/s1. The largest absolute Gasteiger partial charge is 0.508 e. The van der Waals surface area contributed by atoms with Crippen LogP contribution in [0.2, 0.25) is 0 Å². The van der Waals surface area contributed by atoms with E-state index in [1.54, 1.807) is 6.07 Å². The molecule has 1 saturated carbocycles. The molecule has 21 heavy (non-hydrogen) atoms. The van der Waals surface area contributed by atoms with Gasteiger partial charge in [0, 0.05) is 12.1 Å². The minimum Gasteiger partial charge on any atom is -0.508 e. The van der Waals surface area contributed by atoms with Gasteiger partial charge in [0.2, 0.25) is 0 Å². The van der Waals surface area contributed by atoms with Crippen LogP contribution in [0.3, 0.4) is 0 Å². The number of rotatable bonds is 2. The fourth-order valence-corrected chi connectivity index (χ4v) is 4.40. The number of carbonyl (C=O) groups excluding carboxylic acids is 1. The van der Waals surface area contributed by atoms with Crippen molar-refractivity contribution in [3.63, 3.8) is 0 Å². The first kappa shape index (κ1) is 13.3. The maximum absolute atomic E-state index is 13.0. The molecule has 2 aliphatic carbocycles. The van der Waals surface area contributed by atoms with Crippen LogP contribution in [0, 0.1) is 11.8 Å². The zero-order valence-electron chi connectivity index (χ0n) is 12.8. The first-order valence-corrected chi connectivity index (χ1v) is 8.12. The van der Waals surface area contributed by atoms with Gasteiger partial charge in [-0.05, 0) is 66.8 Å². The maximum Gasteiger partial charge on any atom is 0.180 e. The number of ketones is 1. The number of hydrogen-bond acceptors (Lipinski definition) is 3. The summed E-state index contributed by atoms with van der Waals surface area (Å²) in [6, 6.07) is 5.32. The number of nitrogens with zero attached hydrogens (tertiary/aromatic N) is 1. The average Bonchev–Trinajstić information content (AvgIpc) is 3.25. The van der Waals surface area contributed by atoms with Crippen molar-refractivity contribution in [1.29, 1.82) is 0 Å². The van der Waals surface area contributed by atoms with Gasteiger partial charge in [-0.3, -0.25) is 9.69 Å². The molecule has 0 amide bonds. The summed E-state index contributed by atoms with van der Waals surface area (Å²) in [5, 5.41) is 9.83. The van der Waals surface area contributed by atoms with Gasteiger partial charge in [0.15, 0.2) is 5.78 Å². The van der Waals surface area contributed by atoms with E-state index in [2.05, 4.69) is 18.7 Å². The third kappa shape index (κ3) is 1.87. The number of piperidine rings is 1. The molecule has 0 unspecified atom stereocenters. The van der Waals surface area contributed by atoms with Crippen LogP contribution in [-0.4, -0.2) is 34.9 Å². The van der Waals surface area contributed by atoms with Gasteiger partial charge in [0.05, 0.1) is 6.04 Å². The van der Waals surface area contributed by atoms with Crippen molar-refractivity contribution in [2.45, 2.75) is 44.6 Å². The summed E-state index contributed by atoms with van der Waals surface area (Å²) in [6.45, 7) is 6.57. The average molecular weight is 285 g/mol. The van der Waals surface area contributed by atoms with Crippen LogP contribution in [0.1, 0.15) is 49.0 Å². The molecule has 1 aromatic rings. The summed E-state index contributed by atoms with van der Waals surface area (Å²) in [5.74, 6) is 1.66. The number of Topliss-reactive ketones (excluding diaryl/α,β-unsaturated/α-hetero) is 1. The number of likely N-dealkylation sites (tertiary alicyclic amines) is 1. The lowest BCUT2D eigenvalue weighted by molar-refractivity contribution is 0.0265. The lowest BCUT2D eigenvalue weighted by Crippen LogP contribution is -2.61. The molecule has 1 aliphatic heterocycles. The zero-order valence-corrected chi connectivity index (χ0v) is 12.8. The van der Waals surface area contributed by atoms with Gasteiger partial charge < -0.3 is 5.11 Å². The number of phenols is 1. The smallest absolute Gasteiger partial charge is 0.180 e. The van der Waals surface area contributed by atoms with Gasteiger partial charge in [-0.2, -0.15) is 0 Å². The van der Waals surface area contributed by atoms with E-state index < -0.39 is 0 Å². The molecule has 0 spiro atoms. The van der Waals surface area contributed by atoms with Crippen LogP contribution in [0.15, 0.2) is 18.2 Å². The Balaban J connectivity index is 1.79. The second-order valence-corrected chi connectivity index (χ2v) is 7.43. The highest BCUT2D eigenvalue weighted by molar-refractivity contribution is 6.03. The summed E-state index contributed by atoms with van der Waals surface area (Å²) in [5.41, 5.74) is 1.90. The molecular weight excluding hydrogens is 262 g/mol. The van der Waals surface area contributed by atoms with Crippen LogP contribution < -0.4 is 0 Å². The van der Waals surface area contributed by atoms with Gasteiger partial charge in [0.25, 0.3) is 0 Å². The van der Waals surface area contributed by atoms with Crippen molar-refractivity contribution in [2.24, 2.45) is 11.8 Å². The molecule has 3 atom stereocenters. The van der Waals surface area contributed by atoms with Gasteiger partial charge in [0.1, 0.15) is 5.75 Å². The molecule has 1 aromatic carbocycles. The minimum atomic E-state index is 0.00665. The molecule has 3 heteroatoms. The summed E-state index contributed by atoms with van der Waals surface area (Å²) >= 11 is 0. The Morgan fingerprint density at radius 2 is 2.14 bits per heavy atom. The number of benzene rings is 1. The van der Waals surface area contributed by atoms with Crippen LogP contribution in [0.5, 0.6) is 5.75 Å². The van der Waals surface area contributed by atoms with Gasteiger partial charge in [-0.1, -0.05) is 13.8 Å². The third-order valence-electron chi connectivity index (χ3n) is 6.13. The SMILES string of the molecule is C[C@H]1[C@@H]2C(=O)c3ccc(O)cc3[C@]1(C)CCN2CC1CC1. The van der Waals surface area contributed by atoms with Gasteiger partial charge in [-0.25, -0.2) is 0 Å². The van der Waals surface area contributed by atoms with Gasteiger partial charge >= 0.3 is 0 Å². The lowest BCUT2D eigenvalue weighted by Gasteiger charge is -2.53. The molecule has 2 fully saturated rings. The molecule has 0 radical (unpaired) electrons. The van der Waals surface area contributed by atoms with E-state index in [1.807, 2.05) is 12.1 Å². The summed E-state index contributed by atoms with van der Waals surface area (Å²) in [6.07, 6.45) is 3.72. The normalized spacial score (nSPS) is 35.6. The quantitative estimate of drug-likeness (QED) is 0.908. The molecule has 4 rings (SSSR count). The monoisotopic (exact) mass is 285 g/mol. The topological polar surface area (TPSA) is 40.5 Å². The Hall–Kier alpha value is -1.35. The first-order valence-electron chi connectivity index (χ1n) is 8.12. The fraction of sp³-hybridized carbons (Fsp3) is 0.611. The molecule has 0 aromatic heterocycles. The third-order valence-corrected chi connectivity index (χ3v) is 6.13. The highest BCUT2D eigenvalue weighted by atomic mass is 16.3. The van der Waals surface area contributed by atoms with Crippen LogP contribution in [-0.2, 0) is 5.41 Å². The number of aromatic hydroxyl groups is 1. The van der Waals surface area contributed by atoms with Gasteiger partial charge in [-0.15, -0.1) is 0 Å². The Bertz CT molecular complexity index is 607. The van der Waals surface area contributed by atoms with E-state index in [4.69, 9.17) is 0 Å². The fourth-order valence-electron chi connectivity index (χ4n) is 4.40. The number of hydrogen-bond donors (Lipinski definition) is 1. The molecule has 3 aliphatic rings. The summed E-state index contributed by atoms with van der Waals surface area (Å²) < 4.78 is 0. The second kappa shape index (κ2) is 4.33. The molecule has 2 bridgehead atoms. The van der Waals surface area contributed by atoms with E-state index >= 15 is 0 Å². The van der Waals surface area contributed by atoms with E-state index in [9.17, 15) is 9.90 Å². The highest BCUT2D eigenvalue weighted by Crippen LogP contribution is 2.49. The van der Waals surface area contributed by atoms with Crippen molar-refractivity contribution in [3.05, 3.63) is 29.3 Å². The molecule has 1 saturated heterocycles. The van der Waals surface area contributed by atoms with Crippen molar-refractivity contribution < 1.29 is 9.90 Å².